The Labute approximate surface area is 164 Å². The van der Waals surface area contributed by atoms with Crippen LogP contribution >= 0.6 is 0 Å². The Hall–Kier alpha value is -2.73. The van der Waals surface area contributed by atoms with Crippen LogP contribution < -0.4 is 11.1 Å². The van der Waals surface area contributed by atoms with E-state index in [1.165, 1.54) is 6.42 Å². The van der Waals surface area contributed by atoms with Crippen LogP contribution in [0.3, 0.4) is 0 Å². The molecule has 3 aromatic rings. The van der Waals surface area contributed by atoms with Crippen LogP contribution in [0.1, 0.15) is 42.5 Å². The number of hydrogen-bond donors (Lipinski definition) is 2. The highest BCUT2D eigenvalue weighted by atomic mass is 16.1. The summed E-state index contributed by atoms with van der Waals surface area (Å²) in [5, 5.41) is 7.77. The molecule has 3 N–H and O–H groups in total. The van der Waals surface area contributed by atoms with Crippen molar-refractivity contribution in [2.45, 2.75) is 44.2 Å². The molecule has 5 rings (SSSR count). The van der Waals surface area contributed by atoms with Gasteiger partial charge in [-0.2, -0.15) is 5.10 Å². The van der Waals surface area contributed by atoms with Gasteiger partial charge in [-0.25, -0.2) is 9.50 Å². The van der Waals surface area contributed by atoms with Gasteiger partial charge in [0.05, 0.1) is 11.9 Å². The minimum atomic E-state index is -0.0786. The lowest BCUT2D eigenvalue weighted by molar-refractivity contribution is 0.0757. The van der Waals surface area contributed by atoms with E-state index in [2.05, 4.69) is 15.4 Å². The smallest absolute Gasteiger partial charge is 0.257 e. The summed E-state index contributed by atoms with van der Waals surface area (Å²) in [5.74, 6) is 0.896. The predicted molar refractivity (Wildman–Crippen MR) is 108 cm³/mol. The number of fused-ring (bicyclic) bond motifs is 3. The van der Waals surface area contributed by atoms with Gasteiger partial charge in [-0.3, -0.25) is 4.79 Å². The Bertz CT molecular complexity index is 985. The van der Waals surface area contributed by atoms with Gasteiger partial charge in [-0.15, -0.1) is 0 Å². The molecule has 2 aliphatic carbocycles. The molecule has 144 valence electrons. The summed E-state index contributed by atoms with van der Waals surface area (Å²) >= 11 is 0. The molecule has 28 heavy (non-hydrogen) atoms. The first kappa shape index (κ1) is 17.4. The maximum absolute atomic E-state index is 13.1. The molecule has 2 heterocycles. The molecule has 2 fully saturated rings. The Morgan fingerprint density at radius 2 is 1.86 bits per heavy atom. The first-order valence-electron chi connectivity index (χ1n) is 10.2. The predicted octanol–water partition coefficient (Wildman–Crippen LogP) is 3.03. The Balaban J connectivity index is 1.45. The fourth-order valence-electron chi connectivity index (χ4n) is 5.13. The van der Waals surface area contributed by atoms with Crippen LogP contribution in [0.15, 0.2) is 48.8 Å². The second kappa shape index (κ2) is 7.02. The summed E-state index contributed by atoms with van der Waals surface area (Å²) in [6.07, 6.45) is 8.94. The average Bonchev–Trinajstić information content (AvgIpc) is 3.14. The minimum absolute atomic E-state index is 0.0786. The lowest BCUT2D eigenvalue weighted by Crippen LogP contribution is -2.53. The number of amides is 1. The monoisotopic (exact) mass is 375 g/mol. The molecule has 2 atom stereocenters. The molecule has 0 aliphatic heterocycles. The first-order chi connectivity index (χ1) is 13.7. The summed E-state index contributed by atoms with van der Waals surface area (Å²) in [4.78, 5) is 17.6. The number of rotatable bonds is 3. The van der Waals surface area contributed by atoms with Crippen LogP contribution in [-0.4, -0.2) is 32.6 Å². The highest BCUT2D eigenvalue weighted by Gasteiger charge is 2.40. The standard InChI is InChI=1S/C22H25N5O/c23-17-11-15-7-4-8-16(12-17)20(15)26-22(28)18-13-25-27-19(9-10-24-21(18)27)14-5-2-1-3-6-14/h1-3,5-6,9-10,13,15-17,20H,4,7-8,11-12,23H2,(H,26,28). The lowest BCUT2D eigenvalue weighted by atomic mass is 9.67. The molecule has 0 radical (unpaired) electrons. The van der Waals surface area contributed by atoms with E-state index in [1.54, 1.807) is 16.9 Å². The molecule has 2 unspecified atom stereocenters. The fourth-order valence-corrected chi connectivity index (χ4v) is 5.13. The average molecular weight is 375 g/mol. The lowest BCUT2D eigenvalue weighted by Gasteiger charge is -2.45. The van der Waals surface area contributed by atoms with Crippen molar-refractivity contribution in [2.24, 2.45) is 17.6 Å². The zero-order valence-corrected chi connectivity index (χ0v) is 15.8. The summed E-state index contributed by atoms with van der Waals surface area (Å²) in [5.41, 5.74) is 9.31. The van der Waals surface area contributed by atoms with E-state index in [0.717, 1.165) is 36.9 Å². The third kappa shape index (κ3) is 2.98. The van der Waals surface area contributed by atoms with Crippen LogP contribution in [0.2, 0.25) is 0 Å². The second-order valence-corrected chi connectivity index (χ2v) is 8.17. The fraction of sp³-hybridized carbons (Fsp3) is 0.409. The van der Waals surface area contributed by atoms with Crippen LogP contribution in [0.5, 0.6) is 0 Å². The largest absolute Gasteiger partial charge is 0.349 e. The third-order valence-corrected chi connectivity index (χ3v) is 6.39. The highest BCUT2D eigenvalue weighted by Crippen LogP contribution is 2.39. The van der Waals surface area contributed by atoms with E-state index in [1.807, 2.05) is 36.4 Å². The number of nitrogens with two attached hydrogens (primary N) is 1. The van der Waals surface area contributed by atoms with Crippen LogP contribution in [0, 0.1) is 11.8 Å². The molecular formula is C22H25N5O. The zero-order valence-electron chi connectivity index (χ0n) is 15.8. The van der Waals surface area contributed by atoms with Gasteiger partial charge in [0.2, 0.25) is 0 Å². The van der Waals surface area contributed by atoms with Crippen molar-refractivity contribution in [3.05, 3.63) is 54.4 Å². The van der Waals surface area contributed by atoms with Gasteiger partial charge in [-0.05, 0) is 43.6 Å². The summed E-state index contributed by atoms with van der Waals surface area (Å²) in [7, 11) is 0. The van der Waals surface area contributed by atoms with E-state index < -0.39 is 0 Å². The van der Waals surface area contributed by atoms with Crippen molar-refractivity contribution in [3.63, 3.8) is 0 Å². The zero-order chi connectivity index (χ0) is 19.1. The summed E-state index contributed by atoms with van der Waals surface area (Å²) < 4.78 is 1.75. The number of benzene rings is 1. The molecule has 0 saturated heterocycles. The summed E-state index contributed by atoms with van der Waals surface area (Å²) in [6, 6.07) is 12.4. The topological polar surface area (TPSA) is 85.3 Å². The van der Waals surface area contributed by atoms with Crippen LogP contribution in [-0.2, 0) is 0 Å². The van der Waals surface area contributed by atoms with Crippen molar-refractivity contribution in [1.29, 1.82) is 0 Å². The molecule has 6 nitrogen and oxygen atoms in total. The maximum Gasteiger partial charge on any atom is 0.257 e. The van der Waals surface area contributed by atoms with Gasteiger partial charge in [0.1, 0.15) is 5.56 Å². The molecule has 1 amide bonds. The number of hydrogen-bond acceptors (Lipinski definition) is 4. The molecule has 6 heteroatoms. The molecule has 2 bridgehead atoms. The SMILES string of the molecule is NC1CC2CCCC(C1)C2NC(=O)c1cnn2c(-c3ccccc3)ccnc12. The van der Waals surface area contributed by atoms with Gasteiger partial charge in [0, 0.05) is 23.8 Å². The van der Waals surface area contributed by atoms with E-state index in [9.17, 15) is 4.79 Å². The molecule has 0 spiro atoms. The molecule has 2 aromatic heterocycles. The minimum Gasteiger partial charge on any atom is -0.349 e. The van der Waals surface area contributed by atoms with E-state index in [-0.39, 0.29) is 18.0 Å². The van der Waals surface area contributed by atoms with Crippen molar-refractivity contribution in [3.8, 4) is 11.3 Å². The van der Waals surface area contributed by atoms with Crippen molar-refractivity contribution in [1.82, 2.24) is 19.9 Å². The number of nitrogens with one attached hydrogen (secondary N) is 1. The third-order valence-electron chi connectivity index (χ3n) is 6.39. The van der Waals surface area contributed by atoms with Crippen LogP contribution in [0.4, 0.5) is 0 Å². The number of carbonyl (C=O) groups excluding carboxylic acids is 1. The van der Waals surface area contributed by atoms with E-state index >= 15 is 0 Å². The van der Waals surface area contributed by atoms with Gasteiger partial charge < -0.3 is 11.1 Å². The van der Waals surface area contributed by atoms with Gasteiger partial charge in [0.15, 0.2) is 5.65 Å². The molecule has 2 saturated carbocycles. The molecular weight excluding hydrogens is 350 g/mol. The Kier molecular flexibility index (Phi) is 4.36. The number of carbonyl (C=O) groups is 1. The summed E-state index contributed by atoms with van der Waals surface area (Å²) in [6.45, 7) is 0. The number of aromatic nitrogens is 3. The Morgan fingerprint density at radius 1 is 1.11 bits per heavy atom. The number of nitrogens with zero attached hydrogens (tertiary/aromatic N) is 3. The van der Waals surface area contributed by atoms with Crippen molar-refractivity contribution < 1.29 is 4.79 Å². The molecule has 2 aliphatic rings. The highest BCUT2D eigenvalue weighted by molar-refractivity contribution is 6.00. The maximum atomic E-state index is 13.1. The quantitative estimate of drug-likeness (QED) is 0.737. The van der Waals surface area contributed by atoms with E-state index in [4.69, 9.17) is 5.73 Å². The Morgan fingerprint density at radius 3 is 2.61 bits per heavy atom. The van der Waals surface area contributed by atoms with Crippen LogP contribution in [0.25, 0.3) is 16.9 Å². The van der Waals surface area contributed by atoms with Gasteiger partial charge in [-0.1, -0.05) is 36.8 Å². The van der Waals surface area contributed by atoms with Gasteiger partial charge in [0.25, 0.3) is 5.91 Å². The molecule has 1 aromatic carbocycles. The van der Waals surface area contributed by atoms with E-state index in [0.29, 0.717) is 23.0 Å². The van der Waals surface area contributed by atoms with Gasteiger partial charge >= 0.3 is 0 Å². The first-order valence-corrected chi connectivity index (χ1v) is 10.2. The normalized spacial score (nSPS) is 26.9. The van der Waals surface area contributed by atoms with Crippen molar-refractivity contribution in [2.75, 3.05) is 0 Å². The second-order valence-electron chi connectivity index (χ2n) is 8.17. The van der Waals surface area contributed by atoms with Crippen molar-refractivity contribution >= 4 is 11.6 Å².